The Bertz CT molecular complexity index is 479. The van der Waals surface area contributed by atoms with Crippen LogP contribution in [0.5, 0.6) is 0 Å². The van der Waals surface area contributed by atoms with E-state index in [4.69, 9.17) is 5.73 Å². The van der Waals surface area contributed by atoms with Gasteiger partial charge in [-0.3, -0.25) is 4.90 Å². The summed E-state index contributed by atoms with van der Waals surface area (Å²) in [5.41, 5.74) is 6.72. The van der Waals surface area contributed by atoms with Crippen LogP contribution in [0.15, 0.2) is 24.3 Å². The molecule has 0 spiro atoms. The van der Waals surface area contributed by atoms with Crippen LogP contribution in [0, 0.1) is 5.82 Å². The first-order valence-electron chi connectivity index (χ1n) is 7.61. The van der Waals surface area contributed by atoms with Crippen molar-refractivity contribution in [2.45, 2.75) is 37.3 Å². The van der Waals surface area contributed by atoms with Crippen LogP contribution >= 0.6 is 0 Å². The number of nitrogens with two attached hydrogens (primary N) is 1. The number of piperidine rings is 1. The van der Waals surface area contributed by atoms with Gasteiger partial charge in [0, 0.05) is 26.2 Å². The van der Waals surface area contributed by atoms with Crippen molar-refractivity contribution < 1.29 is 4.39 Å². The molecular weight excluding hydrogens is 253 g/mol. The highest BCUT2D eigenvalue weighted by Crippen LogP contribution is 2.40. The molecule has 2 fully saturated rings. The molecule has 2 heterocycles. The molecule has 0 saturated carbocycles. The Morgan fingerprint density at radius 1 is 1.35 bits per heavy atom. The summed E-state index contributed by atoms with van der Waals surface area (Å²) in [6, 6.07) is 7.49. The van der Waals surface area contributed by atoms with Crippen molar-refractivity contribution in [2.24, 2.45) is 5.73 Å². The molecule has 0 amide bonds. The Morgan fingerprint density at radius 2 is 2.15 bits per heavy atom. The van der Waals surface area contributed by atoms with Crippen LogP contribution in [0.3, 0.4) is 0 Å². The van der Waals surface area contributed by atoms with Gasteiger partial charge < -0.3 is 10.6 Å². The quantitative estimate of drug-likeness (QED) is 0.919. The standard InChI is InChI=1S/C16H24FN3/c1-19(14-7-3-2-6-13(14)17)16(12-18)9-11-20-10-5-4-8-15(16)20/h2-3,6-7,15H,4-5,8-12,18H2,1H3. The molecule has 2 atom stereocenters. The molecule has 110 valence electrons. The van der Waals surface area contributed by atoms with E-state index in [2.05, 4.69) is 9.80 Å². The van der Waals surface area contributed by atoms with E-state index in [1.807, 2.05) is 19.2 Å². The molecule has 1 aromatic carbocycles. The number of nitrogens with zero attached hydrogens (tertiary/aromatic N) is 2. The van der Waals surface area contributed by atoms with Crippen molar-refractivity contribution >= 4 is 5.69 Å². The molecule has 0 bridgehead atoms. The van der Waals surface area contributed by atoms with Crippen LogP contribution in [0.1, 0.15) is 25.7 Å². The monoisotopic (exact) mass is 277 g/mol. The summed E-state index contributed by atoms with van der Waals surface area (Å²) in [6.45, 7) is 2.83. The smallest absolute Gasteiger partial charge is 0.146 e. The Kier molecular flexibility index (Phi) is 3.69. The van der Waals surface area contributed by atoms with E-state index in [9.17, 15) is 4.39 Å². The fourth-order valence-electron chi connectivity index (χ4n) is 4.10. The second kappa shape index (κ2) is 5.34. The summed E-state index contributed by atoms with van der Waals surface area (Å²) in [5.74, 6) is -0.155. The highest BCUT2D eigenvalue weighted by molar-refractivity contribution is 5.51. The van der Waals surface area contributed by atoms with Gasteiger partial charge >= 0.3 is 0 Å². The molecule has 4 heteroatoms. The van der Waals surface area contributed by atoms with E-state index in [1.165, 1.54) is 25.3 Å². The van der Waals surface area contributed by atoms with E-state index in [0.717, 1.165) is 19.5 Å². The highest BCUT2D eigenvalue weighted by atomic mass is 19.1. The summed E-state index contributed by atoms with van der Waals surface area (Å²) in [6.07, 6.45) is 4.74. The summed E-state index contributed by atoms with van der Waals surface area (Å²) in [7, 11) is 2.00. The van der Waals surface area contributed by atoms with Crippen molar-refractivity contribution in [1.29, 1.82) is 0 Å². The summed E-state index contributed by atoms with van der Waals surface area (Å²) >= 11 is 0. The Hall–Kier alpha value is -1.13. The number of likely N-dealkylation sites (N-methyl/N-ethyl adjacent to an activating group) is 1. The molecule has 3 nitrogen and oxygen atoms in total. The zero-order valence-electron chi connectivity index (χ0n) is 12.2. The molecule has 2 aliphatic rings. The topological polar surface area (TPSA) is 32.5 Å². The highest BCUT2D eigenvalue weighted by Gasteiger charge is 2.50. The molecule has 2 saturated heterocycles. The van der Waals surface area contributed by atoms with Crippen LogP contribution in [0.25, 0.3) is 0 Å². The van der Waals surface area contributed by atoms with Crippen LogP contribution in [0.2, 0.25) is 0 Å². The fraction of sp³-hybridized carbons (Fsp3) is 0.625. The molecule has 2 unspecified atom stereocenters. The summed E-state index contributed by atoms with van der Waals surface area (Å²) < 4.78 is 14.1. The molecule has 0 aromatic heterocycles. The molecule has 2 aliphatic heterocycles. The second-order valence-corrected chi connectivity index (χ2v) is 6.12. The van der Waals surface area contributed by atoms with Gasteiger partial charge in [0.05, 0.1) is 11.2 Å². The lowest BCUT2D eigenvalue weighted by molar-refractivity contribution is 0.156. The lowest BCUT2D eigenvalue weighted by Crippen LogP contribution is -2.61. The molecular formula is C16H24FN3. The van der Waals surface area contributed by atoms with Gasteiger partial charge in [-0.15, -0.1) is 0 Å². The first-order valence-corrected chi connectivity index (χ1v) is 7.61. The van der Waals surface area contributed by atoms with E-state index in [0.29, 0.717) is 18.3 Å². The van der Waals surface area contributed by atoms with E-state index in [1.54, 1.807) is 6.07 Å². The largest absolute Gasteiger partial charge is 0.364 e. The van der Waals surface area contributed by atoms with Crippen LogP contribution in [-0.2, 0) is 0 Å². The van der Waals surface area contributed by atoms with Crippen molar-refractivity contribution in [3.05, 3.63) is 30.1 Å². The Labute approximate surface area is 120 Å². The minimum Gasteiger partial charge on any atom is -0.364 e. The predicted molar refractivity (Wildman–Crippen MR) is 80.4 cm³/mol. The van der Waals surface area contributed by atoms with Gasteiger partial charge in [0.1, 0.15) is 5.82 Å². The van der Waals surface area contributed by atoms with Crippen molar-refractivity contribution in [3.63, 3.8) is 0 Å². The third-order valence-corrected chi connectivity index (χ3v) is 5.30. The number of fused-ring (bicyclic) bond motifs is 1. The lowest BCUT2D eigenvalue weighted by Gasteiger charge is -2.47. The van der Waals surface area contributed by atoms with E-state index >= 15 is 0 Å². The third kappa shape index (κ3) is 2.02. The number of anilines is 1. The number of para-hydroxylation sites is 1. The summed E-state index contributed by atoms with van der Waals surface area (Å²) in [4.78, 5) is 4.66. The molecule has 0 radical (unpaired) electrons. The van der Waals surface area contributed by atoms with Gasteiger partial charge in [-0.25, -0.2) is 4.39 Å². The number of halogens is 1. The normalized spacial score (nSPS) is 30.2. The number of benzene rings is 1. The second-order valence-electron chi connectivity index (χ2n) is 6.12. The summed E-state index contributed by atoms with van der Waals surface area (Å²) in [5, 5.41) is 0. The lowest BCUT2D eigenvalue weighted by atomic mass is 9.83. The average molecular weight is 277 g/mol. The van der Waals surface area contributed by atoms with Gasteiger partial charge in [-0.05, 0) is 37.9 Å². The maximum absolute atomic E-state index is 14.1. The maximum atomic E-state index is 14.1. The SMILES string of the molecule is CN(c1ccccc1F)C1(CN)CCN2CCCCC21. The van der Waals surface area contributed by atoms with E-state index in [-0.39, 0.29) is 11.4 Å². The maximum Gasteiger partial charge on any atom is 0.146 e. The van der Waals surface area contributed by atoms with Gasteiger partial charge in [0.2, 0.25) is 0 Å². The van der Waals surface area contributed by atoms with Crippen LogP contribution in [-0.4, -0.2) is 43.2 Å². The Balaban J connectivity index is 1.94. The number of rotatable bonds is 3. The van der Waals surface area contributed by atoms with Gasteiger partial charge in [-0.1, -0.05) is 18.6 Å². The zero-order chi connectivity index (χ0) is 14.2. The number of hydrogen-bond acceptors (Lipinski definition) is 3. The van der Waals surface area contributed by atoms with Gasteiger partial charge in [0.25, 0.3) is 0 Å². The average Bonchev–Trinajstić information content (AvgIpc) is 2.87. The molecule has 3 rings (SSSR count). The Morgan fingerprint density at radius 3 is 2.90 bits per heavy atom. The van der Waals surface area contributed by atoms with E-state index < -0.39 is 0 Å². The molecule has 2 N–H and O–H groups in total. The van der Waals surface area contributed by atoms with Gasteiger partial charge in [0.15, 0.2) is 0 Å². The minimum absolute atomic E-state index is 0.122. The fourth-order valence-corrected chi connectivity index (χ4v) is 4.10. The van der Waals surface area contributed by atoms with Crippen molar-refractivity contribution in [1.82, 2.24) is 4.90 Å². The third-order valence-electron chi connectivity index (χ3n) is 5.30. The molecule has 20 heavy (non-hydrogen) atoms. The predicted octanol–water partition coefficient (Wildman–Crippen LogP) is 2.22. The van der Waals surface area contributed by atoms with Gasteiger partial charge in [-0.2, -0.15) is 0 Å². The number of hydrogen-bond donors (Lipinski definition) is 1. The first kappa shape index (κ1) is 13.8. The van der Waals surface area contributed by atoms with Crippen molar-refractivity contribution in [3.8, 4) is 0 Å². The molecule has 0 aliphatic carbocycles. The first-order chi connectivity index (χ1) is 9.69. The van der Waals surface area contributed by atoms with Crippen molar-refractivity contribution in [2.75, 3.05) is 31.6 Å². The van der Waals surface area contributed by atoms with Crippen LogP contribution in [0.4, 0.5) is 10.1 Å². The molecule has 1 aromatic rings. The zero-order valence-corrected chi connectivity index (χ0v) is 12.2. The van der Waals surface area contributed by atoms with Crippen LogP contribution < -0.4 is 10.6 Å². The minimum atomic E-state index is -0.155.